The van der Waals surface area contributed by atoms with Gasteiger partial charge in [-0.1, -0.05) is 0 Å². The van der Waals surface area contributed by atoms with Crippen molar-refractivity contribution in [1.29, 1.82) is 0 Å². The fourth-order valence-electron chi connectivity index (χ4n) is 3.14. The van der Waals surface area contributed by atoms with Crippen molar-refractivity contribution >= 4 is 23.9 Å². The quantitative estimate of drug-likeness (QED) is 0.397. The maximum atomic E-state index is 12.3. The highest BCUT2D eigenvalue weighted by molar-refractivity contribution is 5.99. The van der Waals surface area contributed by atoms with Crippen LogP contribution >= 0.6 is 0 Å². The third kappa shape index (κ3) is 4.28. The number of carbonyl (C=O) groups excluding carboxylic acids is 3. The molecule has 2 heterocycles. The van der Waals surface area contributed by atoms with E-state index in [-0.39, 0.29) is 18.5 Å². The van der Waals surface area contributed by atoms with Crippen molar-refractivity contribution in [3.63, 3.8) is 0 Å². The number of carbonyl (C=O) groups is 3. The lowest BCUT2D eigenvalue weighted by molar-refractivity contribution is -0.156. The summed E-state index contributed by atoms with van der Waals surface area (Å²) in [7, 11) is 0. The standard InChI is InChI=1S/C19H23NO6/c1-13(25-10-16-3-2-8-24-16)19(23)26-11-18(22)15-4-5-17-14(9-15)6-7-20(17)12-21/h4-5,9,12-13,16H,2-3,6-8,10-11H2,1H3. The van der Waals surface area contributed by atoms with Crippen LogP contribution in [0.5, 0.6) is 0 Å². The molecule has 1 saturated heterocycles. The lowest BCUT2D eigenvalue weighted by atomic mass is 10.1. The Hall–Kier alpha value is -2.25. The molecule has 1 aromatic rings. The molecule has 1 fully saturated rings. The summed E-state index contributed by atoms with van der Waals surface area (Å²) in [4.78, 5) is 36.8. The Bertz CT molecular complexity index is 683. The van der Waals surface area contributed by atoms with E-state index in [9.17, 15) is 14.4 Å². The second kappa shape index (κ2) is 8.42. The molecule has 0 N–H and O–H groups in total. The van der Waals surface area contributed by atoms with Gasteiger partial charge < -0.3 is 19.1 Å². The Balaban J connectivity index is 1.47. The third-order valence-electron chi connectivity index (χ3n) is 4.69. The highest BCUT2D eigenvalue weighted by Gasteiger charge is 2.23. The lowest BCUT2D eigenvalue weighted by Gasteiger charge is -2.15. The summed E-state index contributed by atoms with van der Waals surface area (Å²) >= 11 is 0. The topological polar surface area (TPSA) is 82.1 Å². The predicted molar refractivity (Wildman–Crippen MR) is 93.2 cm³/mol. The summed E-state index contributed by atoms with van der Waals surface area (Å²) in [6, 6.07) is 5.15. The molecular weight excluding hydrogens is 338 g/mol. The van der Waals surface area contributed by atoms with Crippen LogP contribution in [0.3, 0.4) is 0 Å². The number of hydrogen-bond acceptors (Lipinski definition) is 6. The van der Waals surface area contributed by atoms with Crippen LogP contribution in [0.2, 0.25) is 0 Å². The monoisotopic (exact) mass is 361 g/mol. The second-order valence-electron chi connectivity index (χ2n) is 6.53. The van der Waals surface area contributed by atoms with Gasteiger partial charge in [-0.2, -0.15) is 0 Å². The number of benzene rings is 1. The molecule has 0 radical (unpaired) electrons. The minimum absolute atomic E-state index is 0.0317. The number of esters is 1. The number of ether oxygens (including phenoxy) is 3. The molecule has 2 unspecified atom stereocenters. The zero-order valence-electron chi connectivity index (χ0n) is 14.8. The zero-order chi connectivity index (χ0) is 18.5. The van der Waals surface area contributed by atoms with Crippen LogP contribution in [0.1, 0.15) is 35.7 Å². The van der Waals surface area contributed by atoms with Crippen LogP contribution in [0.15, 0.2) is 18.2 Å². The highest BCUT2D eigenvalue weighted by Crippen LogP contribution is 2.27. The molecule has 140 valence electrons. The molecule has 1 amide bonds. The number of amides is 1. The minimum Gasteiger partial charge on any atom is -0.455 e. The van der Waals surface area contributed by atoms with Crippen molar-refractivity contribution in [2.24, 2.45) is 0 Å². The second-order valence-corrected chi connectivity index (χ2v) is 6.53. The van der Waals surface area contributed by atoms with Gasteiger partial charge in [0.1, 0.15) is 0 Å². The largest absolute Gasteiger partial charge is 0.455 e. The molecule has 2 aliphatic heterocycles. The maximum Gasteiger partial charge on any atom is 0.335 e. The van der Waals surface area contributed by atoms with E-state index in [0.717, 1.165) is 37.1 Å². The van der Waals surface area contributed by atoms with Crippen LogP contribution in [-0.2, 0) is 30.2 Å². The molecule has 3 rings (SSSR count). The number of rotatable bonds is 8. The first-order valence-corrected chi connectivity index (χ1v) is 8.86. The summed E-state index contributed by atoms with van der Waals surface area (Å²) < 4.78 is 16.0. The fourth-order valence-corrected chi connectivity index (χ4v) is 3.14. The van der Waals surface area contributed by atoms with Gasteiger partial charge in [-0.25, -0.2) is 4.79 Å². The van der Waals surface area contributed by atoms with E-state index in [2.05, 4.69) is 0 Å². The first-order chi connectivity index (χ1) is 12.6. The maximum absolute atomic E-state index is 12.3. The number of nitrogens with zero attached hydrogens (tertiary/aromatic N) is 1. The Labute approximate surface area is 152 Å². The Kier molecular flexibility index (Phi) is 6.00. The Morgan fingerprint density at radius 3 is 3.00 bits per heavy atom. The first-order valence-electron chi connectivity index (χ1n) is 8.86. The Morgan fingerprint density at radius 1 is 1.42 bits per heavy atom. The van der Waals surface area contributed by atoms with Crippen molar-refractivity contribution in [1.82, 2.24) is 0 Å². The van der Waals surface area contributed by atoms with E-state index in [1.165, 1.54) is 0 Å². The molecule has 2 atom stereocenters. The lowest BCUT2D eigenvalue weighted by Crippen LogP contribution is -2.28. The van der Waals surface area contributed by atoms with Gasteiger partial charge in [-0.3, -0.25) is 9.59 Å². The van der Waals surface area contributed by atoms with Gasteiger partial charge >= 0.3 is 5.97 Å². The van der Waals surface area contributed by atoms with Gasteiger partial charge in [0.25, 0.3) is 0 Å². The minimum atomic E-state index is -0.742. The summed E-state index contributed by atoms with van der Waals surface area (Å²) in [6.07, 6.45) is 2.72. The van der Waals surface area contributed by atoms with Crippen LogP contribution in [0.25, 0.3) is 0 Å². The normalized spacial score (nSPS) is 19.9. The predicted octanol–water partition coefficient (Wildman–Crippen LogP) is 1.52. The van der Waals surface area contributed by atoms with Crippen LogP contribution in [0.4, 0.5) is 5.69 Å². The van der Waals surface area contributed by atoms with Gasteiger partial charge in [-0.05, 0) is 49.9 Å². The van der Waals surface area contributed by atoms with Crippen molar-refractivity contribution in [2.45, 2.75) is 38.4 Å². The fraction of sp³-hybridized carbons (Fsp3) is 0.526. The van der Waals surface area contributed by atoms with Gasteiger partial charge in [0.2, 0.25) is 6.41 Å². The number of hydrogen-bond donors (Lipinski definition) is 0. The molecule has 2 aliphatic rings. The average Bonchev–Trinajstić information content (AvgIpc) is 3.32. The molecule has 0 bridgehead atoms. The SMILES string of the molecule is CC(OCC1CCCO1)C(=O)OCC(=O)c1ccc2c(c1)CCN2C=O. The van der Waals surface area contributed by atoms with Gasteiger partial charge in [0, 0.05) is 24.4 Å². The third-order valence-corrected chi connectivity index (χ3v) is 4.69. The van der Waals surface area contributed by atoms with E-state index in [1.54, 1.807) is 30.0 Å². The Morgan fingerprint density at radius 2 is 2.27 bits per heavy atom. The molecule has 26 heavy (non-hydrogen) atoms. The summed E-state index contributed by atoms with van der Waals surface area (Å²) in [5.41, 5.74) is 2.24. The van der Waals surface area contributed by atoms with Crippen LogP contribution in [0, 0.1) is 0 Å². The van der Waals surface area contributed by atoms with E-state index in [1.807, 2.05) is 0 Å². The molecule has 7 heteroatoms. The summed E-state index contributed by atoms with van der Waals surface area (Å²) in [5, 5.41) is 0. The van der Waals surface area contributed by atoms with Crippen molar-refractivity contribution in [2.75, 3.05) is 31.3 Å². The van der Waals surface area contributed by atoms with E-state index >= 15 is 0 Å². The molecule has 0 aliphatic carbocycles. The first kappa shape index (κ1) is 18.5. The molecule has 7 nitrogen and oxygen atoms in total. The number of anilines is 1. The molecular formula is C19H23NO6. The number of ketones is 1. The smallest absolute Gasteiger partial charge is 0.335 e. The molecule has 0 aromatic heterocycles. The van der Waals surface area contributed by atoms with E-state index in [0.29, 0.717) is 25.1 Å². The zero-order valence-corrected chi connectivity index (χ0v) is 14.8. The summed E-state index contributed by atoms with van der Waals surface area (Å²) in [6.45, 7) is 2.97. The number of fused-ring (bicyclic) bond motifs is 1. The highest BCUT2D eigenvalue weighted by atomic mass is 16.6. The van der Waals surface area contributed by atoms with Crippen molar-refractivity contribution < 1.29 is 28.6 Å². The molecule has 0 saturated carbocycles. The molecule has 0 spiro atoms. The van der Waals surface area contributed by atoms with Gasteiger partial charge in [0.15, 0.2) is 18.5 Å². The van der Waals surface area contributed by atoms with E-state index < -0.39 is 12.1 Å². The average molecular weight is 361 g/mol. The van der Waals surface area contributed by atoms with Crippen molar-refractivity contribution in [3.05, 3.63) is 29.3 Å². The summed E-state index contributed by atoms with van der Waals surface area (Å²) in [5.74, 6) is -0.846. The van der Waals surface area contributed by atoms with Gasteiger partial charge in [-0.15, -0.1) is 0 Å². The van der Waals surface area contributed by atoms with Crippen LogP contribution in [-0.4, -0.2) is 56.7 Å². The number of Topliss-reactive ketones (excluding diaryl/α,β-unsaturated/α-hetero) is 1. The molecule has 1 aromatic carbocycles. The van der Waals surface area contributed by atoms with Gasteiger partial charge in [0.05, 0.1) is 12.7 Å². The van der Waals surface area contributed by atoms with Crippen LogP contribution < -0.4 is 4.90 Å². The van der Waals surface area contributed by atoms with Crippen molar-refractivity contribution in [3.8, 4) is 0 Å². The van der Waals surface area contributed by atoms with E-state index in [4.69, 9.17) is 14.2 Å².